The van der Waals surface area contributed by atoms with Gasteiger partial charge in [-0.1, -0.05) is 46.8 Å². The number of rotatable bonds is 10. The van der Waals surface area contributed by atoms with Crippen LogP contribution in [0.4, 0.5) is 4.79 Å². The highest BCUT2D eigenvalue weighted by Gasteiger charge is 2.51. The van der Waals surface area contributed by atoms with E-state index in [1.807, 2.05) is 33.7 Å². The summed E-state index contributed by atoms with van der Waals surface area (Å²) >= 11 is 0. The number of carbonyl (C=O) groups is 2. The van der Waals surface area contributed by atoms with Gasteiger partial charge in [0.25, 0.3) is 5.91 Å². The molecule has 1 N–H and O–H groups in total. The van der Waals surface area contributed by atoms with Gasteiger partial charge in [-0.15, -0.1) is 0 Å². The molecule has 210 valence electrons. The predicted octanol–water partition coefficient (Wildman–Crippen LogP) is 4.74. The molecular weight excluding hydrogens is 484 g/mol. The van der Waals surface area contributed by atoms with Gasteiger partial charge in [-0.3, -0.25) is 4.79 Å². The molecule has 0 spiro atoms. The van der Waals surface area contributed by atoms with Gasteiger partial charge < -0.3 is 28.9 Å². The van der Waals surface area contributed by atoms with Crippen LogP contribution in [-0.2, 0) is 16.0 Å². The lowest BCUT2D eigenvalue weighted by Crippen LogP contribution is -2.65. The topological polar surface area (TPSA) is 100 Å². The van der Waals surface area contributed by atoms with Gasteiger partial charge in [0.1, 0.15) is 0 Å². The molecule has 2 unspecified atom stereocenters. The molecule has 38 heavy (non-hydrogen) atoms. The predicted molar refractivity (Wildman–Crippen MR) is 146 cm³/mol. The monoisotopic (exact) mass is 528 g/mol. The molecule has 0 aliphatic carbocycles. The summed E-state index contributed by atoms with van der Waals surface area (Å²) in [5.41, 5.74) is 1.36. The maximum absolute atomic E-state index is 14.5. The minimum atomic E-state index is -0.942. The second kappa shape index (κ2) is 11.6. The van der Waals surface area contributed by atoms with Gasteiger partial charge in [0.2, 0.25) is 0 Å². The van der Waals surface area contributed by atoms with Crippen LogP contribution < -0.4 is 0 Å². The summed E-state index contributed by atoms with van der Waals surface area (Å²) in [5.74, 6) is 0.548. The number of hydrogen-bond donors (Lipinski definition) is 1. The molecule has 9 nitrogen and oxygen atoms in total. The van der Waals surface area contributed by atoms with E-state index in [2.05, 4.69) is 34.6 Å². The van der Waals surface area contributed by atoms with Crippen LogP contribution in [0.2, 0.25) is 0 Å². The maximum Gasteiger partial charge on any atom is 0.407 e. The van der Waals surface area contributed by atoms with Crippen molar-refractivity contribution in [2.45, 2.75) is 78.6 Å². The molecule has 2 aromatic rings. The standard InChI is InChI=1S/C29H44N4O5/c1-19(2)16-32(23-15-20(24-18-38-24)17-33(28(35)36)25(23)29(3,4)5)27(34)26-30-21-11-7-8-12-22(21)31(26)13-9-10-14-37-6/h7-8,11-12,19-20,23-25H,9-10,13-18H2,1-6H3,(H,35,36)/t20-,23+,24?,25?/m1/s1. The average Bonchev–Trinajstić information content (AvgIpc) is 3.65. The van der Waals surface area contributed by atoms with Gasteiger partial charge in [-0.2, -0.15) is 0 Å². The summed E-state index contributed by atoms with van der Waals surface area (Å²) < 4.78 is 12.9. The van der Waals surface area contributed by atoms with Crippen LogP contribution in [0.15, 0.2) is 24.3 Å². The van der Waals surface area contributed by atoms with Crippen LogP contribution in [0.25, 0.3) is 11.0 Å². The quantitative estimate of drug-likeness (QED) is 0.353. The third-order valence-corrected chi connectivity index (χ3v) is 7.74. The Bertz CT molecular complexity index is 1120. The number of ether oxygens (including phenoxy) is 2. The number of epoxide rings is 1. The highest BCUT2D eigenvalue weighted by Crippen LogP contribution is 2.41. The molecule has 1 aromatic heterocycles. The van der Waals surface area contributed by atoms with E-state index < -0.39 is 6.09 Å². The molecule has 0 bridgehead atoms. The molecule has 1 aromatic carbocycles. The molecule has 0 saturated carbocycles. The largest absolute Gasteiger partial charge is 0.465 e. The minimum Gasteiger partial charge on any atom is -0.465 e. The number of amides is 2. The van der Waals surface area contributed by atoms with Crippen molar-refractivity contribution in [2.75, 3.05) is 33.4 Å². The van der Waals surface area contributed by atoms with E-state index in [0.29, 0.717) is 45.1 Å². The number of likely N-dealkylation sites (tertiary alicyclic amines) is 1. The minimum absolute atomic E-state index is 0.0571. The van der Waals surface area contributed by atoms with Crippen LogP contribution >= 0.6 is 0 Å². The Labute approximate surface area is 226 Å². The molecular formula is C29H44N4O5. The Balaban J connectivity index is 1.77. The van der Waals surface area contributed by atoms with Crippen molar-refractivity contribution in [3.8, 4) is 0 Å². The summed E-state index contributed by atoms with van der Waals surface area (Å²) in [6.45, 7) is 13.3. The molecule has 0 radical (unpaired) electrons. The number of imidazole rings is 1. The Morgan fingerprint density at radius 2 is 1.95 bits per heavy atom. The number of carbonyl (C=O) groups excluding carboxylic acids is 1. The third kappa shape index (κ3) is 6.15. The van der Waals surface area contributed by atoms with E-state index in [0.717, 1.165) is 23.9 Å². The fourth-order valence-corrected chi connectivity index (χ4v) is 6.10. The van der Waals surface area contributed by atoms with Crippen molar-refractivity contribution in [3.63, 3.8) is 0 Å². The Morgan fingerprint density at radius 3 is 2.55 bits per heavy atom. The second-order valence-electron chi connectivity index (χ2n) is 12.3. The number of hydrogen-bond acceptors (Lipinski definition) is 5. The third-order valence-electron chi connectivity index (χ3n) is 7.74. The number of fused-ring (bicyclic) bond motifs is 1. The molecule has 2 aliphatic heterocycles. The lowest BCUT2D eigenvalue weighted by atomic mass is 9.74. The van der Waals surface area contributed by atoms with Crippen molar-refractivity contribution in [2.24, 2.45) is 17.3 Å². The van der Waals surface area contributed by atoms with E-state index in [4.69, 9.17) is 14.5 Å². The fraction of sp³-hybridized carbons (Fsp3) is 0.690. The number of para-hydroxylation sites is 2. The zero-order valence-electron chi connectivity index (χ0n) is 23.7. The molecule has 9 heteroatoms. The first-order chi connectivity index (χ1) is 18.0. The summed E-state index contributed by atoms with van der Waals surface area (Å²) in [7, 11) is 1.70. The van der Waals surface area contributed by atoms with E-state index >= 15 is 0 Å². The van der Waals surface area contributed by atoms with Crippen LogP contribution in [-0.4, -0.2) is 88.1 Å². The SMILES string of the molecule is COCCCCn1c(C(=O)N(CC(C)C)[C@H]2C[C@@H](C3CO3)CN(C(=O)O)C2C(C)(C)C)nc2ccccc21. The van der Waals surface area contributed by atoms with Gasteiger partial charge in [-0.25, -0.2) is 9.78 Å². The number of carboxylic acid groups (broad SMARTS) is 1. The zero-order chi connectivity index (χ0) is 27.6. The Kier molecular flexibility index (Phi) is 8.67. The summed E-state index contributed by atoms with van der Waals surface area (Å²) in [6, 6.07) is 7.22. The molecule has 2 amide bonds. The van der Waals surface area contributed by atoms with Gasteiger partial charge in [0, 0.05) is 39.3 Å². The number of aryl methyl sites for hydroxylation is 1. The van der Waals surface area contributed by atoms with Gasteiger partial charge >= 0.3 is 6.09 Å². The zero-order valence-corrected chi connectivity index (χ0v) is 23.7. The normalized spacial score (nSPS) is 23.7. The second-order valence-corrected chi connectivity index (χ2v) is 12.3. The molecule has 2 fully saturated rings. The van der Waals surface area contributed by atoms with Gasteiger partial charge in [0.05, 0.1) is 35.8 Å². The molecule has 3 heterocycles. The van der Waals surface area contributed by atoms with E-state index in [1.165, 1.54) is 0 Å². The number of aromatic nitrogens is 2. The van der Waals surface area contributed by atoms with E-state index in [9.17, 15) is 14.7 Å². The highest BCUT2D eigenvalue weighted by molar-refractivity contribution is 5.95. The van der Waals surface area contributed by atoms with Gasteiger partial charge in [-0.05, 0) is 42.7 Å². The molecule has 4 rings (SSSR count). The lowest BCUT2D eigenvalue weighted by molar-refractivity contribution is -0.0277. The van der Waals surface area contributed by atoms with Crippen LogP contribution in [0, 0.1) is 17.3 Å². The average molecular weight is 529 g/mol. The van der Waals surface area contributed by atoms with Crippen molar-refractivity contribution in [1.29, 1.82) is 0 Å². The van der Waals surface area contributed by atoms with Crippen LogP contribution in [0.5, 0.6) is 0 Å². The number of piperidine rings is 1. The van der Waals surface area contributed by atoms with Crippen molar-refractivity contribution in [1.82, 2.24) is 19.4 Å². The molecule has 2 aliphatic rings. The lowest BCUT2D eigenvalue weighted by Gasteiger charge is -2.52. The Morgan fingerprint density at radius 1 is 1.24 bits per heavy atom. The van der Waals surface area contributed by atoms with E-state index in [1.54, 1.807) is 12.0 Å². The van der Waals surface area contributed by atoms with Crippen molar-refractivity contribution in [3.05, 3.63) is 30.1 Å². The first kappa shape index (κ1) is 28.4. The summed E-state index contributed by atoms with van der Waals surface area (Å²) in [5, 5.41) is 10.3. The van der Waals surface area contributed by atoms with Crippen molar-refractivity contribution >= 4 is 23.0 Å². The van der Waals surface area contributed by atoms with Crippen LogP contribution in [0.3, 0.4) is 0 Å². The fourth-order valence-electron chi connectivity index (χ4n) is 6.10. The molecule has 4 atom stereocenters. The number of benzene rings is 1. The van der Waals surface area contributed by atoms with E-state index in [-0.39, 0.29) is 41.3 Å². The summed E-state index contributed by atoms with van der Waals surface area (Å²) in [6.07, 6.45) is 1.57. The first-order valence-electron chi connectivity index (χ1n) is 13.9. The first-order valence-corrected chi connectivity index (χ1v) is 13.9. The number of nitrogens with zero attached hydrogens (tertiary/aromatic N) is 4. The van der Waals surface area contributed by atoms with Crippen LogP contribution in [0.1, 0.15) is 64.5 Å². The Hall–Kier alpha value is -2.65. The van der Waals surface area contributed by atoms with Crippen molar-refractivity contribution < 1.29 is 24.2 Å². The number of unbranched alkanes of at least 4 members (excludes halogenated alkanes) is 1. The molecule has 2 saturated heterocycles. The number of methoxy groups -OCH3 is 1. The maximum atomic E-state index is 14.5. The summed E-state index contributed by atoms with van der Waals surface area (Å²) in [4.78, 5) is 35.4. The smallest absolute Gasteiger partial charge is 0.407 e. The highest BCUT2D eigenvalue weighted by atomic mass is 16.6. The van der Waals surface area contributed by atoms with Gasteiger partial charge in [0.15, 0.2) is 5.82 Å².